The molecule has 0 unspecified atom stereocenters. The summed E-state index contributed by atoms with van der Waals surface area (Å²) in [6, 6.07) is 0. The van der Waals surface area contributed by atoms with E-state index in [0.717, 1.165) is 6.92 Å². The zero-order valence-electron chi connectivity index (χ0n) is 13.0. The third kappa shape index (κ3) is 3.40. The van der Waals surface area contributed by atoms with Gasteiger partial charge in [-0.2, -0.15) is 10.1 Å². The molecule has 0 aromatic heterocycles. The van der Waals surface area contributed by atoms with Gasteiger partial charge in [-0.1, -0.05) is 0 Å². The fraction of sp³-hybridized carbons (Fsp3) is 0.429. The number of aliphatic hydroxyl groups is 3. The minimum absolute atomic E-state index is 0.106. The number of rotatable bonds is 4. The molecule has 1 aliphatic heterocycles. The van der Waals surface area contributed by atoms with Crippen LogP contribution in [0.4, 0.5) is 27.6 Å². The maximum Gasteiger partial charge on any atom is 0.244 e. The SMILES string of the molecule is CC(=O)N(/N=C/[C@@H]1O[C@H](CO)[C@@H](O)[C@@H]1O)c1c(F)c(F)c(F)c(F)c1F. The maximum atomic E-state index is 13.8. The Morgan fingerprint density at radius 1 is 1.08 bits per heavy atom. The molecule has 1 saturated heterocycles. The van der Waals surface area contributed by atoms with Crippen LogP contribution < -0.4 is 5.01 Å². The highest BCUT2D eigenvalue weighted by Crippen LogP contribution is 2.31. The molecule has 1 amide bonds. The highest BCUT2D eigenvalue weighted by molar-refractivity contribution is 5.92. The lowest BCUT2D eigenvalue weighted by atomic mass is 10.1. The Balaban J connectivity index is 2.42. The number of carbonyl (C=O) groups excluding carboxylic acids is 1. The van der Waals surface area contributed by atoms with E-state index < -0.39 is 71.7 Å². The van der Waals surface area contributed by atoms with Crippen LogP contribution in [-0.4, -0.2) is 58.5 Å². The summed E-state index contributed by atoms with van der Waals surface area (Å²) in [6.07, 6.45) is -5.10. The Morgan fingerprint density at radius 2 is 1.58 bits per heavy atom. The van der Waals surface area contributed by atoms with Gasteiger partial charge >= 0.3 is 0 Å². The molecule has 3 N–H and O–H groups in total. The topological polar surface area (TPSA) is 103 Å². The molecule has 2 rings (SSSR count). The zero-order chi connectivity index (χ0) is 19.8. The number of hydrogen-bond donors (Lipinski definition) is 3. The van der Waals surface area contributed by atoms with Crippen molar-refractivity contribution in [1.82, 2.24) is 0 Å². The van der Waals surface area contributed by atoms with Crippen molar-refractivity contribution in [3.63, 3.8) is 0 Å². The summed E-state index contributed by atoms with van der Waals surface area (Å²) < 4.78 is 72.3. The molecule has 1 aromatic rings. The Hall–Kier alpha value is -2.15. The van der Waals surface area contributed by atoms with E-state index in [0.29, 0.717) is 6.21 Å². The van der Waals surface area contributed by atoms with Gasteiger partial charge in [0, 0.05) is 6.92 Å². The van der Waals surface area contributed by atoms with Crippen LogP contribution in [0.1, 0.15) is 6.92 Å². The number of amides is 1. The number of halogens is 5. The first-order valence-electron chi connectivity index (χ1n) is 7.10. The Kier molecular flexibility index (Phi) is 5.91. The molecule has 26 heavy (non-hydrogen) atoms. The van der Waals surface area contributed by atoms with Crippen LogP contribution in [0.3, 0.4) is 0 Å². The molecule has 1 fully saturated rings. The van der Waals surface area contributed by atoms with Gasteiger partial charge in [0.25, 0.3) is 0 Å². The fourth-order valence-electron chi connectivity index (χ4n) is 2.26. The van der Waals surface area contributed by atoms with Crippen molar-refractivity contribution in [1.29, 1.82) is 0 Å². The number of hydrazone groups is 1. The number of hydrogen-bond acceptors (Lipinski definition) is 6. The smallest absolute Gasteiger partial charge is 0.244 e. The van der Waals surface area contributed by atoms with Crippen molar-refractivity contribution < 1.29 is 46.8 Å². The van der Waals surface area contributed by atoms with Crippen LogP contribution in [0.5, 0.6) is 0 Å². The molecule has 0 saturated carbocycles. The molecule has 144 valence electrons. The van der Waals surface area contributed by atoms with Gasteiger partial charge < -0.3 is 20.1 Å². The summed E-state index contributed by atoms with van der Waals surface area (Å²) >= 11 is 0. The van der Waals surface area contributed by atoms with E-state index in [9.17, 15) is 37.0 Å². The van der Waals surface area contributed by atoms with Gasteiger partial charge in [0.15, 0.2) is 23.3 Å². The summed E-state index contributed by atoms with van der Waals surface area (Å²) in [7, 11) is 0. The summed E-state index contributed by atoms with van der Waals surface area (Å²) in [4.78, 5) is 11.6. The van der Waals surface area contributed by atoms with E-state index in [1.54, 1.807) is 0 Å². The van der Waals surface area contributed by atoms with E-state index in [1.165, 1.54) is 0 Å². The normalized spacial score (nSPS) is 25.9. The first kappa shape index (κ1) is 20.2. The average molecular weight is 384 g/mol. The molecule has 1 heterocycles. The molecule has 1 aliphatic rings. The standard InChI is InChI=1S/C14H13F5N2O5/c1-4(23)21(12-10(18)8(16)7(15)9(17)11(12)19)20-2-5-13(24)14(25)6(3-22)26-5/h2,5-6,13-14,22,24-25H,3H2,1H3/b20-2+/t5-,6+,13+,14+/m0/s1. The summed E-state index contributed by atoms with van der Waals surface area (Å²) in [5.41, 5.74) is -1.61. The van der Waals surface area contributed by atoms with Gasteiger partial charge in [0.1, 0.15) is 30.1 Å². The van der Waals surface area contributed by atoms with E-state index in [4.69, 9.17) is 9.84 Å². The molecule has 1 aromatic carbocycles. The van der Waals surface area contributed by atoms with Crippen molar-refractivity contribution in [2.24, 2.45) is 5.10 Å². The predicted octanol–water partition coefficient (Wildman–Crippen LogP) is 0.202. The second-order valence-corrected chi connectivity index (χ2v) is 5.32. The average Bonchev–Trinajstić information content (AvgIpc) is 2.88. The van der Waals surface area contributed by atoms with Crippen LogP contribution in [0.2, 0.25) is 0 Å². The van der Waals surface area contributed by atoms with E-state index >= 15 is 0 Å². The van der Waals surface area contributed by atoms with Crippen LogP contribution in [-0.2, 0) is 9.53 Å². The minimum atomic E-state index is -2.40. The molecule has 0 radical (unpaired) electrons. The van der Waals surface area contributed by atoms with Gasteiger partial charge in [-0.3, -0.25) is 4.79 Å². The molecule has 12 heteroatoms. The lowest BCUT2D eigenvalue weighted by Crippen LogP contribution is -2.35. The zero-order valence-corrected chi connectivity index (χ0v) is 13.0. The van der Waals surface area contributed by atoms with Crippen LogP contribution in [0, 0.1) is 29.1 Å². The molecule has 0 spiro atoms. The number of carbonyl (C=O) groups is 1. The Bertz CT molecular complexity index is 718. The minimum Gasteiger partial charge on any atom is -0.394 e. The van der Waals surface area contributed by atoms with Crippen LogP contribution >= 0.6 is 0 Å². The molecule has 0 bridgehead atoms. The number of aliphatic hydroxyl groups excluding tert-OH is 3. The van der Waals surface area contributed by atoms with Crippen molar-refractivity contribution in [2.45, 2.75) is 31.3 Å². The number of benzene rings is 1. The molecular formula is C14H13F5N2O5. The lowest BCUT2D eigenvalue weighted by molar-refractivity contribution is -0.116. The van der Waals surface area contributed by atoms with E-state index in [-0.39, 0.29) is 5.01 Å². The van der Waals surface area contributed by atoms with E-state index in [1.807, 2.05) is 0 Å². The van der Waals surface area contributed by atoms with Gasteiger partial charge in [0.2, 0.25) is 11.7 Å². The second kappa shape index (κ2) is 7.61. The van der Waals surface area contributed by atoms with E-state index in [2.05, 4.69) is 5.10 Å². The van der Waals surface area contributed by atoms with Crippen molar-refractivity contribution in [2.75, 3.05) is 11.6 Å². The Labute approximate surface area is 142 Å². The molecule has 0 aliphatic carbocycles. The fourth-order valence-corrected chi connectivity index (χ4v) is 2.26. The van der Waals surface area contributed by atoms with Crippen LogP contribution in [0.15, 0.2) is 5.10 Å². The highest BCUT2D eigenvalue weighted by Gasteiger charge is 2.41. The molecule has 7 nitrogen and oxygen atoms in total. The van der Waals surface area contributed by atoms with Crippen molar-refractivity contribution in [3.05, 3.63) is 29.1 Å². The maximum absolute atomic E-state index is 13.8. The van der Waals surface area contributed by atoms with Gasteiger partial charge in [-0.15, -0.1) is 0 Å². The van der Waals surface area contributed by atoms with Crippen molar-refractivity contribution in [3.8, 4) is 0 Å². The molecule has 4 atom stereocenters. The first-order chi connectivity index (χ1) is 12.1. The Morgan fingerprint density at radius 3 is 2.00 bits per heavy atom. The first-order valence-corrected chi connectivity index (χ1v) is 7.10. The largest absolute Gasteiger partial charge is 0.394 e. The third-order valence-electron chi connectivity index (χ3n) is 3.61. The monoisotopic (exact) mass is 384 g/mol. The predicted molar refractivity (Wildman–Crippen MR) is 75.6 cm³/mol. The van der Waals surface area contributed by atoms with Crippen LogP contribution in [0.25, 0.3) is 0 Å². The second-order valence-electron chi connectivity index (χ2n) is 5.32. The quantitative estimate of drug-likeness (QED) is 0.226. The highest BCUT2D eigenvalue weighted by atomic mass is 19.2. The third-order valence-corrected chi connectivity index (χ3v) is 3.61. The number of anilines is 1. The van der Waals surface area contributed by atoms with Gasteiger partial charge in [0.05, 0.1) is 12.8 Å². The molecular weight excluding hydrogens is 371 g/mol. The summed E-state index contributed by atoms with van der Waals surface area (Å²) in [6.45, 7) is 0.0727. The summed E-state index contributed by atoms with van der Waals surface area (Å²) in [5.74, 6) is -12.7. The number of nitrogens with zero attached hydrogens (tertiary/aromatic N) is 2. The van der Waals surface area contributed by atoms with Crippen molar-refractivity contribution >= 4 is 17.8 Å². The van der Waals surface area contributed by atoms with Gasteiger partial charge in [-0.25, -0.2) is 22.0 Å². The number of ether oxygens (including phenoxy) is 1. The lowest BCUT2D eigenvalue weighted by Gasteiger charge is -2.18. The van der Waals surface area contributed by atoms with Gasteiger partial charge in [-0.05, 0) is 0 Å². The summed E-state index contributed by atoms with van der Waals surface area (Å²) in [5, 5.41) is 31.4.